The molecule has 2 atom stereocenters. The zero-order chi connectivity index (χ0) is 11.4. The Morgan fingerprint density at radius 1 is 1.62 bits per heavy atom. The fraction of sp³-hybridized carbons (Fsp3) is 0.692. The van der Waals surface area contributed by atoms with Gasteiger partial charge >= 0.3 is 0 Å². The molecular weight excluding hydrogens is 200 g/mol. The average molecular weight is 222 g/mol. The third-order valence-electron chi connectivity index (χ3n) is 3.57. The van der Waals surface area contributed by atoms with E-state index in [4.69, 9.17) is 4.42 Å². The van der Waals surface area contributed by atoms with Crippen molar-refractivity contribution in [3.8, 4) is 0 Å². The molecule has 2 rings (SSSR count). The van der Waals surface area contributed by atoms with Crippen molar-refractivity contribution < 1.29 is 4.42 Å². The smallest absolute Gasteiger partial charge is 0.120 e. The normalized spacial score (nSPS) is 23.8. The Balaban J connectivity index is 1.83. The van der Waals surface area contributed by atoms with E-state index in [1.54, 1.807) is 6.26 Å². The SMILES string of the molecule is CCC(NCC1CCCN1C)c1ccco1. The molecule has 1 aromatic rings. The number of rotatable bonds is 5. The van der Waals surface area contributed by atoms with Crippen molar-refractivity contribution in [3.05, 3.63) is 24.2 Å². The van der Waals surface area contributed by atoms with Crippen molar-refractivity contribution in [2.45, 2.75) is 38.3 Å². The fourth-order valence-corrected chi connectivity index (χ4v) is 2.45. The summed E-state index contributed by atoms with van der Waals surface area (Å²) in [4.78, 5) is 2.45. The molecule has 1 N–H and O–H groups in total. The predicted molar refractivity (Wildman–Crippen MR) is 65.4 cm³/mol. The molecule has 1 aromatic heterocycles. The van der Waals surface area contributed by atoms with Gasteiger partial charge in [0.1, 0.15) is 5.76 Å². The van der Waals surface area contributed by atoms with Crippen LogP contribution in [-0.4, -0.2) is 31.1 Å². The van der Waals surface area contributed by atoms with Crippen LogP contribution < -0.4 is 5.32 Å². The van der Waals surface area contributed by atoms with Crippen molar-refractivity contribution in [1.29, 1.82) is 0 Å². The molecule has 0 radical (unpaired) electrons. The van der Waals surface area contributed by atoms with Gasteiger partial charge in [0.2, 0.25) is 0 Å². The third-order valence-corrected chi connectivity index (χ3v) is 3.57. The molecule has 0 bridgehead atoms. The van der Waals surface area contributed by atoms with Crippen molar-refractivity contribution >= 4 is 0 Å². The highest BCUT2D eigenvalue weighted by molar-refractivity contribution is 5.04. The maximum absolute atomic E-state index is 5.45. The van der Waals surface area contributed by atoms with Crippen molar-refractivity contribution in [1.82, 2.24) is 10.2 Å². The van der Waals surface area contributed by atoms with Gasteiger partial charge in [-0.25, -0.2) is 0 Å². The summed E-state index contributed by atoms with van der Waals surface area (Å²) in [6.45, 7) is 4.50. The van der Waals surface area contributed by atoms with Crippen LogP contribution in [0.25, 0.3) is 0 Å². The minimum absolute atomic E-state index is 0.365. The first kappa shape index (κ1) is 11.7. The number of nitrogens with one attached hydrogen (secondary N) is 1. The van der Waals surface area contributed by atoms with Crippen LogP contribution in [0.3, 0.4) is 0 Å². The van der Waals surface area contributed by atoms with E-state index in [-0.39, 0.29) is 0 Å². The highest BCUT2D eigenvalue weighted by Crippen LogP contribution is 2.19. The monoisotopic (exact) mass is 222 g/mol. The zero-order valence-corrected chi connectivity index (χ0v) is 10.3. The molecule has 0 saturated carbocycles. The molecule has 1 saturated heterocycles. The number of furan rings is 1. The Bertz CT molecular complexity index is 297. The summed E-state index contributed by atoms with van der Waals surface area (Å²) in [5.41, 5.74) is 0. The van der Waals surface area contributed by atoms with Crippen LogP contribution in [-0.2, 0) is 0 Å². The molecule has 3 heteroatoms. The topological polar surface area (TPSA) is 28.4 Å². The Kier molecular flexibility index (Phi) is 4.02. The lowest BCUT2D eigenvalue weighted by Gasteiger charge is -2.22. The highest BCUT2D eigenvalue weighted by atomic mass is 16.3. The Labute approximate surface area is 97.8 Å². The van der Waals surface area contributed by atoms with Gasteiger partial charge in [-0.3, -0.25) is 0 Å². The van der Waals surface area contributed by atoms with Gasteiger partial charge in [-0.05, 0) is 45.0 Å². The molecule has 1 aliphatic rings. The van der Waals surface area contributed by atoms with E-state index >= 15 is 0 Å². The first-order valence-corrected chi connectivity index (χ1v) is 6.28. The second-order valence-electron chi connectivity index (χ2n) is 4.66. The number of hydrogen-bond donors (Lipinski definition) is 1. The summed E-state index contributed by atoms with van der Waals surface area (Å²) < 4.78 is 5.45. The van der Waals surface area contributed by atoms with E-state index in [0.29, 0.717) is 12.1 Å². The first-order valence-electron chi connectivity index (χ1n) is 6.28. The lowest BCUT2D eigenvalue weighted by molar-refractivity contribution is 0.283. The fourth-order valence-electron chi connectivity index (χ4n) is 2.45. The van der Waals surface area contributed by atoms with Crippen LogP contribution >= 0.6 is 0 Å². The largest absolute Gasteiger partial charge is 0.468 e. The number of likely N-dealkylation sites (tertiary alicyclic amines) is 1. The second kappa shape index (κ2) is 5.51. The Morgan fingerprint density at radius 3 is 3.06 bits per heavy atom. The van der Waals surface area contributed by atoms with E-state index in [9.17, 15) is 0 Å². The summed E-state index contributed by atoms with van der Waals surface area (Å²) in [5.74, 6) is 1.06. The van der Waals surface area contributed by atoms with E-state index in [1.165, 1.54) is 19.4 Å². The van der Waals surface area contributed by atoms with Gasteiger partial charge in [-0.15, -0.1) is 0 Å². The summed E-state index contributed by atoms with van der Waals surface area (Å²) in [6.07, 6.45) is 5.48. The van der Waals surface area contributed by atoms with Crippen LogP contribution in [0.4, 0.5) is 0 Å². The van der Waals surface area contributed by atoms with Gasteiger partial charge in [0.25, 0.3) is 0 Å². The van der Waals surface area contributed by atoms with Crippen LogP contribution in [0.5, 0.6) is 0 Å². The van der Waals surface area contributed by atoms with E-state index in [1.807, 2.05) is 6.07 Å². The highest BCUT2D eigenvalue weighted by Gasteiger charge is 2.22. The summed E-state index contributed by atoms with van der Waals surface area (Å²) in [5, 5.41) is 3.61. The van der Waals surface area contributed by atoms with Crippen LogP contribution in [0.15, 0.2) is 22.8 Å². The Hall–Kier alpha value is -0.800. The van der Waals surface area contributed by atoms with Gasteiger partial charge in [-0.1, -0.05) is 6.92 Å². The van der Waals surface area contributed by atoms with Crippen LogP contribution in [0, 0.1) is 0 Å². The zero-order valence-electron chi connectivity index (χ0n) is 10.3. The van der Waals surface area contributed by atoms with Gasteiger partial charge in [-0.2, -0.15) is 0 Å². The molecule has 0 aliphatic carbocycles. The molecule has 1 aliphatic heterocycles. The molecule has 2 unspecified atom stereocenters. The number of nitrogens with zero attached hydrogens (tertiary/aromatic N) is 1. The van der Waals surface area contributed by atoms with Crippen molar-refractivity contribution in [2.75, 3.05) is 20.1 Å². The van der Waals surface area contributed by atoms with E-state index in [2.05, 4.69) is 30.3 Å². The lowest BCUT2D eigenvalue weighted by Crippen LogP contribution is -2.36. The third kappa shape index (κ3) is 2.66. The molecule has 0 spiro atoms. The molecule has 0 amide bonds. The molecule has 2 heterocycles. The van der Waals surface area contributed by atoms with E-state index < -0.39 is 0 Å². The molecule has 90 valence electrons. The molecule has 1 fully saturated rings. The quantitative estimate of drug-likeness (QED) is 0.829. The number of hydrogen-bond acceptors (Lipinski definition) is 3. The minimum Gasteiger partial charge on any atom is -0.468 e. The van der Waals surface area contributed by atoms with Crippen LogP contribution in [0.1, 0.15) is 38.0 Å². The second-order valence-corrected chi connectivity index (χ2v) is 4.66. The van der Waals surface area contributed by atoms with Gasteiger partial charge < -0.3 is 14.6 Å². The van der Waals surface area contributed by atoms with Crippen LogP contribution in [0.2, 0.25) is 0 Å². The first-order chi connectivity index (χ1) is 7.81. The van der Waals surface area contributed by atoms with Gasteiger partial charge in [0.05, 0.1) is 12.3 Å². The standard InChI is InChI=1S/C13H22N2O/c1-3-12(13-7-5-9-16-13)14-10-11-6-4-8-15(11)2/h5,7,9,11-12,14H,3-4,6,8,10H2,1-2H3. The Morgan fingerprint density at radius 2 is 2.50 bits per heavy atom. The molecule has 16 heavy (non-hydrogen) atoms. The van der Waals surface area contributed by atoms with Crippen molar-refractivity contribution in [3.63, 3.8) is 0 Å². The summed E-state index contributed by atoms with van der Waals surface area (Å²) in [6, 6.07) is 5.08. The van der Waals surface area contributed by atoms with Crippen molar-refractivity contribution in [2.24, 2.45) is 0 Å². The minimum atomic E-state index is 0.365. The average Bonchev–Trinajstić information content (AvgIpc) is 2.92. The lowest BCUT2D eigenvalue weighted by atomic mass is 10.1. The molecule has 0 aromatic carbocycles. The maximum Gasteiger partial charge on any atom is 0.120 e. The van der Waals surface area contributed by atoms with E-state index in [0.717, 1.165) is 18.7 Å². The predicted octanol–water partition coefficient (Wildman–Crippen LogP) is 2.41. The number of likely N-dealkylation sites (N-methyl/N-ethyl adjacent to an activating group) is 1. The molecular formula is C13H22N2O. The maximum atomic E-state index is 5.45. The van der Waals surface area contributed by atoms with Gasteiger partial charge in [0, 0.05) is 12.6 Å². The van der Waals surface area contributed by atoms with Gasteiger partial charge in [0.15, 0.2) is 0 Å². The summed E-state index contributed by atoms with van der Waals surface area (Å²) >= 11 is 0. The summed E-state index contributed by atoms with van der Waals surface area (Å²) in [7, 11) is 2.22. The molecule has 3 nitrogen and oxygen atoms in total.